The Morgan fingerprint density at radius 2 is 2.07 bits per heavy atom. The van der Waals surface area contributed by atoms with Crippen molar-refractivity contribution in [2.75, 3.05) is 7.11 Å². The van der Waals surface area contributed by atoms with Gasteiger partial charge in [-0.3, -0.25) is 0 Å². The van der Waals surface area contributed by atoms with Crippen molar-refractivity contribution in [2.24, 2.45) is 0 Å². The number of rotatable bonds is 2. The van der Waals surface area contributed by atoms with Gasteiger partial charge in [-0.25, -0.2) is 0 Å². The number of methoxy groups -OCH3 is 1. The summed E-state index contributed by atoms with van der Waals surface area (Å²) in [6.45, 7) is 5.90. The highest BCUT2D eigenvalue weighted by atomic mass is 16.6. The fourth-order valence-electron chi connectivity index (χ4n) is 1.36. The highest BCUT2D eigenvalue weighted by Gasteiger charge is 2.27. The summed E-state index contributed by atoms with van der Waals surface area (Å²) >= 11 is 0. The van der Waals surface area contributed by atoms with Crippen LogP contribution >= 0.6 is 0 Å². The molecule has 0 aromatic carbocycles. The molecular formula is C10H14N2O3. The lowest BCUT2D eigenvalue weighted by Gasteiger charge is -2.20. The Balaban J connectivity index is 3.42. The molecule has 0 N–H and O–H groups in total. The van der Waals surface area contributed by atoms with Crippen molar-refractivity contribution in [2.45, 2.75) is 26.2 Å². The Labute approximate surface area is 88.2 Å². The van der Waals surface area contributed by atoms with Crippen LogP contribution in [0.3, 0.4) is 0 Å². The van der Waals surface area contributed by atoms with Crippen LogP contribution in [0.15, 0.2) is 12.3 Å². The lowest BCUT2D eigenvalue weighted by Crippen LogP contribution is -2.14. The molecule has 0 radical (unpaired) electrons. The number of pyridine rings is 1. The van der Waals surface area contributed by atoms with E-state index in [1.807, 2.05) is 20.8 Å². The maximum absolute atomic E-state index is 10.7. The number of hydrogen-bond acceptors (Lipinski definition) is 4. The third-order valence-electron chi connectivity index (χ3n) is 2.07. The Morgan fingerprint density at radius 1 is 1.47 bits per heavy atom. The fraction of sp³-hybridized carbons (Fsp3) is 0.500. The fourth-order valence-corrected chi connectivity index (χ4v) is 1.36. The molecule has 0 fully saturated rings. The summed E-state index contributed by atoms with van der Waals surface area (Å²) in [5, 5.41) is 10.7. The van der Waals surface area contributed by atoms with Gasteiger partial charge in [-0.1, -0.05) is 20.8 Å². The van der Waals surface area contributed by atoms with E-state index in [1.54, 1.807) is 6.07 Å². The van der Waals surface area contributed by atoms with Crippen LogP contribution in [0.1, 0.15) is 26.3 Å². The lowest BCUT2D eigenvalue weighted by atomic mass is 9.87. The summed E-state index contributed by atoms with van der Waals surface area (Å²) in [5.41, 5.74) is 0.575. The van der Waals surface area contributed by atoms with E-state index in [0.29, 0.717) is 0 Å². The maximum Gasteiger partial charge on any atom is 0.406 e. The van der Waals surface area contributed by atoms with Gasteiger partial charge in [0.05, 0.1) is 7.11 Å². The molecule has 0 aliphatic rings. The minimum absolute atomic E-state index is 0.209. The van der Waals surface area contributed by atoms with Crippen LogP contribution in [0.25, 0.3) is 0 Å². The molecule has 1 rings (SSSR count). The smallest absolute Gasteiger partial charge is 0.406 e. The highest BCUT2D eigenvalue weighted by Crippen LogP contribution is 2.36. The molecule has 15 heavy (non-hydrogen) atoms. The molecule has 0 saturated heterocycles. The molecule has 5 nitrogen and oxygen atoms in total. The first-order valence-corrected chi connectivity index (χ1v) is 4.55. The van der Waals surface area contributed by atoms with Gasteiger partial charge in [-0.05, 0) is 21.4 Å². The standard InChI is InChI=1S/C10H14N2O3/c1-10(2,3)7-5-6-11-9(12(13)14)8(7)15-4/h5-6H,1-4H3. The van der Waals surface area contributed by atoms with Gasteiger partial charge < -0.3 is 14.9 Å². The Bertz CT molecular complexity index is 383. The van der Waals surface area contributed by atoms with Crippen molar-refractivity contribution >= 4 is 5.82 Å². The first-order chi connectivity index (χ1) is 6.88. The predicted octanol–water partition coefficient (Wildman–Crippen LogP) is 2.30. The molecule has 0 saturated carbocycles. The van der Waals surface area contributed by atoms with Crippen molar-refractivity contribution in [1.29, 1.82) is 0 Å². The van der Waals surface area contributed by atoms with Crippen LogP contribution in [0.5, 0.6) is 5.75 Å². The van der Waals surface area contributed by atoms with E-state index in [4.69, 9.17) is 4.74 Å². The molecule has 0 bridgehead atoms. The third-order valence-corrected chi connectivity index (χ3v) is 2.07. The van der Waals surface area contributed by atoms with Gasteiger partial charge >= 0.3 is 5.82 Å². The largest absolute Gasteiger partial charge is 0.489 e. The zero-order valence-corrected chi connectivity index (χ0v) is 9.27. The van der Waals surface area contributed by atoms with E-state index in [9.17, 15) is 10.1 Å². The van der Waals surface area contributed by atoms with E-state index < -0.39 is 4.92 Å². The minimum Gasteiger partial charge on any atom is -0.489 e. The zero-order chi connectivity index (χ0) is 11.6. The second-order valence-corrected chi connectivity index (χ2v) is 4.22. The van der Waals surface area contributed by atoms with Crippen molar-refractivity contribution in [3.63, 3.8) is 0 Å². The van der Waals surface area contributed by atoms with Crippen molar-refractivity contribution in [3.05, 3.63) is 27.9 Å². The van der Waals surface area contributed by atoms with Crippen LogP contribution in [0, 0.1) is 10.1 Å². The molecule has 0 spiro atoms. The van der Waals surface area contributed by atoms with Gasteiger partial charge in [0.2, 0.25) is 5.75 Å². The van der Waals surface area contributed by atoms with Crippen LogP contribution in [-0.4, -0.2) is 17.0 Å². The Kier molecular flexibility index (Phi) is 2.93. The monoisotopic (exact) mass is 210 g/mol. The van der Waals surface area contributed by atoms with Gasteiger partial charge in [0.15, 0.2) is 0 Å². The average molecular weight is 210 g/mol. The SMILES string of the molecule is COc1c(C(C)(C)C)ccnc1[N+](=O)[O-]. The van der Waals surface area contributed by atoms with Gasteiger partial charge in [0.1, 0.15) is 6.20 Å². The van der Waals surface area contributed by atoms with Crippen LogP contribution < -0.4 is 4.74 Å². The number of hydrogen-bond donors (Lipinski definition) is 0. The van der Waals surface area contributed by atoms with Gasteiger partial charge in [0, 0.05) is 5.56 Å². The molecule has 0 aliphatic carbocycles. The number of nitro groups is 1. The quantitative estimate of drug-likeness (QED) is 0.555. The number of nitrogens with zero attached hydrogens (tertiary/aromatic N) is 2. The van der Waals surface area contributed by atoms with Crippen molar-refractivity contribution in [1.82, 2.24) is 4.98 Å². The molecule has 0 atom stereocenters. The third kappa shape index (κ3) is 2.23. The van der Waals surface area contributed by atoms with E-state index >= 15 is 0 Å². The highest BCUT2D eigenvalue weighted by molar-refractivity contribution is 5.48. The van der Waals surface area contributed by atoms with E-state index in [0.717, 1.165) is 5.56 Å². The normalized spacial score (nSPS) is 11.2. The number of ether oxygens (including phenoxy) is 1. The Morgan fingerprint density at radius 3 is 2.47 bits per heavy atom. The Hall–Kier alpha value is -1.65. The summed E-state index contributed by atoms with van der Waals surface area (Å²) in [7, 11) is 1.42. The topological polar surface area (TPSA) is 65.3 Å². The van der Waals surface area contributed by atoms with Gasteiger partial charge in [-0.15, -0.1) is 0 Å². The van der Waals surface area contributed by atoms with Crippen LogP contribution in [-0.2, 0) is 5.41 Å². The van der Waals surface area contributed by atoms with E-state index in [2.05, 4.69) is 4.98 Å². The molecule has 0 unspecified atom stereocenters. The predicted molar refractivity (Wildman–Crippen MR) is 56.1 cm³/mol. The second-order valence-electron chi connectivity index (χ2n) is 4.22. The summed E-state index contributed by atoms with van der Waals surface area (Å²) in [4.78, 5) is 13.9. The molecule has 0 aliphatic heterocycles. The van der Waals surface area contributed by atoms with Crippen LogP contribution in [0.2, 0.25) is 0 Å². The molecule has 82 valence electrons. The molecule has 1 aromatic heterocycles. The molecular weight excluding hydrogens is 196 g/mol. The van der Waals surface area contributed by atoms with E-state index in [1.165, 1.54) is 13.3 Å². The maximum atomic E-state index is 10.7. The average Bonchev–Trinajstić information content (AvgIpc) is 2.15. The second kappa shape index (κ2) is 3.84. The van der Waals surface area contributed by atoms with Gasteiger partial charge in [-0.2, -0.15) is 0 Å². The number of aromatic nitrogens is 1. The first kappa shape index (κ1) is 11.4. The van der Waals surface area contributed by atoms with Gasteiger partial charge in [0.25, 0.3) is 0 Å². The van der Waals surface area contributed by atoms with Crippen molar-refractivity contribution in [3.8, 4) is 5.75 Å². The van der Waals surface area contributed by atoms with Crippen molar-refractivity contribution < 1.29 is 9.66 Å². The van der Waals surface area contributed by atoms with E-state index in [-0.39, 0.29) is 17.0 Å². The molecule has 1 aromatic rings. The van der Waals surface area contributed by atoms with Crippen LogP contribution in [0.4, 0.5) is 5.82 Å². The summed E-state index contributed by atoms with van der Waals surface area (Å²) in [5.74, 6) is 0.0138. The molecule has 5 heteroatoms. The lowest BCUT2D eigenvalue weighted by molar-refractivity contribution is -0.390. The zero-order valence-electron chi connectivity index (χ0n) is 9.27. The molecule has 0 amide bonds. The summed E-state index contributed by atoms with van der Waals surface area (Å²) in [6.07, 6.45) is 1.43. The summed E-state index contributed by atoms with van der Waals surface area (Å²) < 4.78 is 5.06. The first-order valence-electron chi connectivity index (χ1n) is 4.55. The summed E-state index contributed by atoms with van der Waals surface area (Å²) in [6, 6.07) is 1.74. The minimum atomic E-state index is -0.534. The molecule has 1 heterocycles.